The first-order chi connectivity index (χ1) is 8.40. The van der Waals surface area contributed by atoms with E-state index in [-0.39, 0.29) is 0 Å². The molecule has 0 radical (unpaired) electrons. The molecule has 0 heterocycles. The average molecular weight is 221 g/mol. The zero-order chi connectivity index (χ0) is 11.7. The fraction of sp³-hybridized carbons (Fsp3) is 0.125. The van der Waals surface area contributed by atoms with Crippen molar-refractivity contribution >= 4 is 21.5 Å². The van der Waals surface area contributed by atoms with Gasteiger partial charge in [-0.15, -0.1) is 0 Å². The normalized spacial score (nSPS) is 11.1. The summed E-state index contributed by atoms with van der Waals surface area (Å²) in [5, 5.41) is 8.58. The van der Waals surface area contributed by atoms with Gasteiger partial charge < -0.3 is 5.32 Å². The van der Waals surface area contributed by atoms with Crippen LogP contribution in [0.4, 0.5) is 0 Å². The molecule has 0 aliphatic heterocycles. The van der Waals surface area contributed by atoms with Gasteiger partial charge in [0, 0.05) is 6.54 Å². The lowest BCUT2D eigenvalue weighted by molar-refractivity contribution is 0.824. The molecule has 0 unspecified atom stereocenters. The molecule has 0 aromatic heterocycles. The zero-order valence-corrected chi connectivity index (χ0v) is 9.90. The monoisotopic (exact) mass is 221 g/mol. The van der Waals surface area contributed by atoms with Gasteiger partial charge in [0.25, 0.3) is 0 Å². The Hall–Kier alpha value is -1.86. The van der Waals surface area contributed by atoms with Gasteiger partial charge in [0.2, 0.25) is 0 Å². The molecule has 1 N–H and O–H groups in total. The van der Waals surface area contributed by atoms with E-state index < -0.39 is 0 Å². The molecule has 0 aliphatic rings. The molecule has 0 atom stereocenters. The van der Waals surface area contributed by atoms with Crippen molar-refractivity contribution in [2.45, 2.75) is 6.54 Å². The highest BCUT2D eigenvalue weighted by molar-refractivity contribution is 6.08. The first-order valence-electron chi connectivity index (χ1n) is 5.94. The van der Waals surface area contributed by atoms with E-state index in [0.717, 1.165) is 6.54 Å². The highest BCUT2D eigenvalue weighted by atomic mass is 14.8. The Bertz CT molecular complexity index is 670. The van der Waals surface area contributed by atoms with Gasteiger partial charge in [-0.2, -0.15) is 0 Å². The summed E-state index contributed by atoms with van der Waals surface area (Å²) in [4.78, 5) is 0. The molecule has 0 bridgehead atoms. The molecule has 0 saturated heterocycles. The molecule has 0 aliphatic carbocycles. The number of rotatable bonds is 2. The van der Waals surface area contributed by atoms with Crippen LogP contribution in [0.3, 0.4) is 0 Å². The molecule has 3 rings (SSSR count). The highest BCUT2D eigenvalue weighted by Gasteiger charge is 2.04. The van der Waals surface area contributed by atoms with Gasteiger partial charge >= 0.3 is 0 Å². The first-order valence-corrected chi connectivity index (χ1v) is 5.94. The molecule has 0 fully saturated rings. The number of hydrogen-bond donors (Lipinski definition) is 1. The van der Waals surface area contributed by atoms with Crippen LogP contribution < -0.4 is 5.32 Å². The molecule has 84 valence electrons. The van der Waals surface area contributed by atoms with Crippen molar-refractivity contribution in [3.05, 3.63) is 60.2 Å². The summed E-state index contributed by atoms with van der Waals surface area (Å²) in [6.07, 6.45) is 0. The Balaban J connectivity index is 2.45. The fourth-order valence-corrected chi connectivity index (χ4v) is 2.47. The lowest BCUT2D eigenvalue weighted by Gasteiger charge is -2.09. The van der Waals surface area contributed by atoms with E-state index in [0.29, 0.717) is 0 Å². The first kappa shape index (κ1) is 10.3. The SMILES string of the molecule is CNCc1cc2ccccc2c2ccccc12. The molecule has 17 heavy (non-hydrogen) atoms. The minimum absolute atomic E-state index is 0.908. The molecule has 1 nitrogen and oxygen atoms in total. The lowest BCUT2D eigenvalue weighted by atomic mass is 9.97. The minimum Gasteiger partial charge on any atom is -0.316 e. The van der Waals surface area contributed by atoms with Crippen LogP contribution in [0.2, 0.25) is 0 Å². The topological polar surface area (TPSA) is 12.0 Å². The van der Waals surface area contributed by atoms with Crippen molar-refractivity contribution < 1.29 is 0 Å². The summed E-state index contributed by atoms with van der Waals surface area (Å²) in [7, 11) is 1.99. The van der Waals surface area contributed by atoms with Crippen LogP contribution in [0.5, 0.6) is 0 Å². The third-order valence-corrected chi connectivity index (χ3v) is 3.22. The van der Waals surface area contributed by atoms with Gasteiger partial charge in [-0.3, -0.25) is 0 Å². The summed E-state index contributed by atoms with van der Waals surface area (Å²) in [5.74, 6) is 0. The van der Waals surface area contributed by atoms with E-state index in [1.807, 2.05) is 7.05 Å². The predicted molar refractivity (Wildman–Crippen MR) is 74.2 cm³/mol. The number of hydrogen-bond acceptors (Lipinski definition) is 1. The molecule has 0 spiro atoms. The molecule has 3 aromatic rings. The molecule has 1 heteroatoms. The van der Waals surface area contributed by atoms with Crippen LogP contribution in [0.15, 0.2) is 54.6 Å². The van der Waals surface area contributed by atoms with Crippen molar-refractivity contribution in [2.75, 3.05) is 7.05 Å². The van der Waals surface area contributed by atoms with E-state index in [4.69, 9.17) is 0 Å². The van der Waals surface area contributed by atoms with E-state index in [2.05, 4.69) is 59.9 Å². The summed E-state index contributed by atoms with van der Waals surface area (Å²) in [5.41, 5.74) is 1.36. The van der Waals surface area contributed by atoms with Gasteiger partial charge in [0.15, 0.2) is 0 Å². The minimum atomic E-state index is 0.908. The van der Waals surface area contributed by atoms with Crippen molar-refractivity contribution in [1.82, 2.24) is 5.32 Å². The number of fused-ring (bicyclic) bond motifs is 3. The second-order valence-corrected chi connectivity index (χ2v) is 4.33. The molecular formula is C16H15N. The van der Waals surface area contributed by atoms with E-state index in [1.54, 1.807) is 0 Å². The Kier molecular flexibility index (Phi) is 2.54. The quantitative estimate of drug-likeness (QED) is 0.650. The van der Waals surface area contributed by atoms with Gasteiger partial charge in [-0.05, 0) is 40.2 Å². The molecular weight excluding hydrogens is 206 g/mol. The fourth-order valence-electron chi connectivity index (χ4n) is 2.47. The third-order valence-electron chi connectivity index (χ3n) is 3.22. The van der Waals surface area contributed by atoms with Crippen molar-refractivity contribution in [1.29, 1.82) is 0 Å². The number of nitrogens with one attached hydrogen (secondary N) is 1. The van der Waals surface area contributed by atoms with Crippen LogP contribution in [-0.2, 0) is 6.54 Å². The van der Waals surface area contributed by atoms with Gasteiger partial charge in [0.05, 0.1) is 0 Å². The maximum Gasteiger partial charge on any atom is 0.0208 e. The summed E-state index contributed by atoms with van der Waals surface area (Å²) >= 11 is 0. The average Bonchev–Trinajstić information content (AvgIpc) is 2.39. The van der Waals surface area contributed by atoms with Gasteiger partial charge in [-0.25, -0.2) is 0 Å². The van der Waals surface area contributed by atoms with Crippen molar-refractivity contribution in [3.63, 3.8) is 0 Å². The zero-order valence-electron chi connectivity index (χ0n) is 9.90. The smallest absolute Gasteiger partial charge is 0.0208 e. The largest absolute Gasteiger partial charge is 0.316 e. The Morgan fingerprint density at radius 3 is 2.24 bits per heavy atom. The van der Waals surface area contributed by atoms with Gasteiger partial charge in [0.1, 0.15) is 0 Å². The Labute approximate surface area is 101 Å². The van der Waals surface area contributed by atoms with Crippen molar-refractivity contribution in [2.24, 2.45) is 0 Å². The standard InChI is InChI=1S/C16H15N/c1-17-11-13-10-12-6-2-3-7-14(12)16-9-5-4-8-15(13)16/h2-10,17H,11H2,1H3. The van der Waals surface area contributed by atoms with Gasteiger partial charge in [-0.1, -0.05) is 48.5 Å². The summed E-state index contributed by atoms with van der Waals surface area (Å²) in [6, 6.07) is 19.5. The second-order valence-electron chi connectivity index (χ2n) is 4.33. The third kappa shape index (κ3) is 1.69. The Morgan fingerprint density at radius 2 is 1.47 bits per heavy atom. The Morgan fingerprint density at radius 1 is 0.824 bits per heavy atom. The number of benzene rings is 3. The molecule has 0 amide bonds. The van der Waals surface area contributed by atoms with Crippen LogP contribution in [0.25, 0.3) is 21.5 Å². The second kappa shape index (κ2) is 4.19. The van der Waals surface area contributed by atoms with Crippen LogP contribution in [0, 0.1) is 0 Å². The summed E-state index contributed by atoms with van der Waals surface area (Å²) in [6.45, 7) is 0.908. The summed E-state index contributed by atoms with van der Waals surface area (Å²) < 4.78 is 0. The van der Waals surface area contributed by atoms with E-state index >= 15 is 0 Å². The molecule has 3 aromatic carbocycles. The maximum absolute atomic E-state index is 3.24. The highest BCUT2D eigenvalue weighted by Crippen LogP contribution is 2.28. The van der Waals surface area contributed by atoms with E-state index in [9.17, 15) is 0 Å². The maximum atomic E-state index is 3.24. The molecule has 0 saturated carbocycles. The van der Waals surface area contributed by atoms with Crippen LogP contribution in [-0.4, -0.2) is 7.05 Å². The lowest BCUT2D eigenvalue weighted by Crippen LogP contribution is -2.05. The predicted octanol–water partition coefficient (Wildman–Crippen LogP) is 3.71. The van der Waals surface area contributed by atoms with Crippen molar-refractivity contribution in [3.8, 4) is 0 Å². The van der Waals surface area contributed by atoms with Crippen LogP contribution >= 0.6 is 0 Å². The van der Waals surface area contributed by atoms with E-state index in [1.165, 1.54) is 27.1 Å². The van der Waals surface area contributed by atoms with Crippen LogP contribution in [0.1, 0.15) is 5.56 Å².